The summed E-state index contributed by atoms with van der Waals surface area (Å²) in [6.07, 6.45) is 3.98. The van der Waals surface area contributed by atoms with E-state index in [2.05, 4.69) is 6.92 Å². The van der Waals surface area contributed by atoms with Crippen LogP contribution in [0.15, 0.2) is 18.2 Å². The molecular formula is C12H17NO. The number of nitrogen functional groups attached to an aromatic ring is 1. The Labute approximate surface area is 85.1 Å². The molecule has 0 saturated heterocycles. The summed E-state index contributed by atoms with van der Waals surface area (Å²) in [5, 5.41) is 0. The lowest BCUT2D eigenvalue weighted by Gasteiger charge is -2.25. The van der Waals surface area contributed by atoms with Gasteiger partial charge in [-0.3, -0.25) is 0 Å². The van der Waals surface area contributed by atoms with Crippen LogP contribution < -0.4 is 10.5 Å². The molecule has 1 aliphatic rings. The van der Waals surface area contributed by atoms with Gasteiger partial charge >= 0.3 is 0 Å². The van der Waals surface area contributed by atoms with Crippen molar-refractivity contribution in [2.45, 2.75) is 26.2 Å². The molecule has 2 rings (SSSR count). The van der Waals surface area contributed by atoms with Gasteiger partial charge in [0.05, 0.1) is 12.3 Å². The Kier molecular flexibility index (Phi) is 2.62. The van der Waals surface area contributed by atoms with Crippen LogP contribution in [-0.2, 0) is 0 Å². The van der Waals surface area contributed by atoms with Gasteiger partial charge in [0.1, 0.15) is 5.75 Å². The number of hydrogen-bond acceptors (Lipinski definition) is 2. The number of nitrogens with two attached hydrogens (primary N) is 1. The minimum atomic E-state index is 0.745. The molecule has 0 aliphatic heterocycles. The molecule has 0 aromatic heterocycles. The van der Waals surface area contributed by atoms with Crippen molar-refractivity contribution in [2.75, 3.05) is 12.3 Å². The summed E-state index contributed by atoms with van der Waals surface area (Å²) in [4.78, 5) is 0. The molecule has 2 nitrogen and oxygen atoms in total. The first-order valence-corrected chi connectivity index (χ1v) is 5.24. The van der Waals surface area contributed by atoms with Crippen molar-refractivity contribution in [2.24, 2.45) is 5.92 Å². The number of aryl methyl sites for hydroxylation is 1. The zero-order valence-corrected chi connectivity index (χ0v) is 8.62. The van der Waals surface area contributed by atoms with Crippen LogP contribution in [0.4, 0.5) is 5.69 Å². The molecule has 1 saturated carbocycles. The number of rotatable bonds is 3. The number of ether oxygens (including phenoxy) is 1. The summed E-state index contributed by atoms with van der Waals surface area (Å²) in [6.45, 7) is 2.88. The smallest absolute Gasteiger partial charge is 0.142 e. The standard InChI is InChI=1S/C12H17NO/c1-9-5-6-11(13)12(7-9)14-8-10-3-2-4-10/h5-7,10H,2-4,8,13H2,1H3. The van der Waals surface area contributed by atoms with Gasteiger partial charge < -0.3 is 10.5 Å². The lowest BCUT2D eigenvalue weighted by molar-refractivity contribution is 0.181. The SMILES string of the molecule is Cc1ccc(N)c(OCC2CCC2)c1. The molecule has 0 bridgehead atoms. The Balaban J connectivity index is 1.96. The third kappa shape index (κ3) is 2.00. The van der Waals surface area contributed by atoms with E-state index in [1.54, 1.807) is 0 Å². The second-order valence-electron chi connectivity index (χ2n) is 4.15. The Morgan fingerprint density at radius 1 is 1.43 bits per heavy atom. The molecule has 2 N–H and O–H groups in total. The third-order valence-electron chi connectivity index (χ3n) is 2.87. The van der Waals surface area contributed by atoms with Gasteiger partial charge in [-0.05, 0) is 43.4 Å². The van der Waals surface area contributed by atoms with Crippen molar-refractivity contribution in [1.82, 2.24) is 0 Å². The molecule has 0 atom stereocenters. The third-order valence-corrected chi connectivity index (χ3v) is 2.87. The largest absolute Gasteiger partial charge is 0.491 e. The van der Waals surface area contributed by atoms with Gasteiger partial charge in [0.25, 0.3) is 0 Å². The van der Waals surface area contributed by atoms with Gasteiger partial charge in [0, 0.05) is 0 Å². The van der Waals surface area contributed by atoms with E-state index in [9.17, 15) is 0 Å². The van der Waals surface area contributed by atoms with Crippen LogP contribution in [0.5, 0.6) is 5.75 Å². The highest BCUT2D eigenvalue weighted by atomic mass is 16.5. The van der Waals surface area contributed by atoms with Gasteiger partial charge in [-0.1, -0.05) is 12.5 Å². The molecule has 2 heteroatoms. The first kappa shape index (κ1) is 9.38. The highest BCUT2D eigenvalue weighted by Crippen LogP contribution is 2.29. The topological polar surface area (TPSA) is 35.2 Å². The van der Waals surface area contributed by atoms with E-state index >= 15 is 0 Å². The lowest BCUT2D eigenvalue weighted by atomic mass is 9.86. The van der Waals surface area contributed by atoms with Crippen molar-refractivity contribution in [3.63, 3.8) is 0 Å². The zero-order valence-electron chi connectivity index (χ0n) is 8.62. The summed E-state index contributed by atoms with van der Waals surface area (Å²) in [7, 11) is 0. The van der Waals surface area contributed by atoms with E-state index < -0.39 is 0 Å². The summed E-state index contributed by atoms with van der Waals surface area (Å²) in [6, 6.07) is 5.92. The van der Waals surface area contributed by atoms with Crippen molar-refractivity contribution in [1.29, 1.82) is 0 Å². The molecule has 0 heterocycles. The molecule has 76 valence electrons. The second kappa shape index (κ2) is 3.91. The molecule has 0 amide bonds. The minimum absolute atomic E-state index is 0.745. The van der Waals surface area contributed by atoms with Crippen LogP contribution >= 0.6 is 0 Å². The molecule has 14 heavy (non-hydrogen) atoms. The summed E-state index contributed by atoms with van der Waals surface area (Å²) in [5.41, 5.74) is 7.75. The average molecular weight is 191 g/mol. The van der Waals surface area contributed by atoms with Crippen LogP contribution in [0.1, 0.15) is 24.8 Å². The maximum atomic E-state index is 5.81. The van der Waals surface area contributed by atoms with E-state index in [0.717, 1.165) is 24.0 Å². The normalized spacial score (nSPS) is 16.4. The fourth-order valence-corrected chi connectivity index (χ4v) is 1.63. The second-order valence-corrected chi connectivity index (χ2v) is 4.15. The van der Waals surface area contributed by atoms with E-state index in [1.807, 2.05) is 18.2 Å². The van der Waals surface area contributed by atoms with Crippen molar-refractivity contribution in [3.05, 3.63) is 23.8 Å². The lowest BCUT2D eigenvalue weighted by Crippen LogP contribution is -2.19. The molecule has 1 fully saturated rings. The molecule has 0 radical (unpaired) electrons. The molecule has 1 aromatic carbocycles. The molecule has 0 spiro atoms. The Morgan fingerprint density at radius 2 is 2.21 bits per heavy atom. The fourth-order valence-electron chi connectivity index (χ4n) is 1.63. The Morgan fingerprint density at radius 3 is 2.86 bits per heavy atom. The fraction of sp³-hybridized carbons (Fsp3) is 0.500. The van der Waals surface area contributed by atoms with Gasteiger partial charge in [0.2, 0.25) is 0 Å². The summed E-state index contributed by atoms with van der Waals surface area (Å²) >= 11 is 0. The predicted octanol–water partition coefficient (Wildman–Crippen LogP) is 2.76. The van der Waals surface area contributed by atoms with E-state index in [4.69, 9.17) is 10.5 Å². The van der Waals surface area contributed by atoms with Gasteiger partial charge in [-0.15, -0.1) is 0 Å². The van der Waals surface area contributed by atoms with Crippen molar-refractivity contribution >= 4 is 5.69 Å². The molecule has 0 unspecified atom stereocenters. The minimum Gasteiger partial charge on any atom is -0.491 e. The van der Waals surface area contributed by atoms with Crippen LogP contribution in [0, 0.1) is 12.8 Å². The van der Waals surface area contributed by atoms with Crippen LogP contribution in [0.3, 0.4) is 0 Å². The van der Waals surface area contributed by atoms with Crippen LogP contribution in [0.2, 0.25) is 0 Å². The molecular weight excluding hydrogens is 174 g/mol. The quantitative estimate of drug-likeness (QED) is 0.745. The summed E-state index contributed by atoms with van der Waals surface area (Å²) < 4.78 is 5.70. The Bertz CT molecular complexity index is 318. The van der Waals surface area contributed by atoms with Crippen LogP contribution in [-0.4, -0.2) is 6.61 Å². The number of benzene rings is 1. The highest BCUT2D eigenvalue weighted by Gasteiger charge is 2.18. The maximum absolute atomic E-state index is 5.81. The number of hydrogen-bond donors (Lipinski definition) is 1. The first-order valence-electron chi connectivity index (χ1n) is 5.24. The Hall–Kier alpha value is -1.18. The van der Waals surface area contributed by atoms with Gasteiger partial charge in [-0.25, -0.2) is 0 Å². The molecule has 1 aromatic rings. The first-order chi connectivity index (χ1) is 6.75. The molecule has 1 aliphatic carbocycles. The van der Waals surface area contributed by atoms with Crippen molar-refractivity contribution < 1.29 is 4.74 Å². The van der Waals surface area contributed by atoms with Crippen molar-refractivity contribution in [3.8, 4) is 5.75 Å². The monoisotopic (exact) mass is 191 g/mol. The predicted molar refractivity (Wildman–Crippen MR) is 58.4 cm³/mol. The summed E-state index contributed by atoms with van der Waals surface area (Å²) in [5.74, 6) is 1.60. The van der Waals surface area contributed by atoms with Crippen LogP contribution in [0.25, 0.3) is 0 Å². The number of anilines is 1. The van der Waals surface area contributed by atoms with Gasteiger partial charge in [-0.2, -0.15) is 0 Å². The average Bonchev–Trinajstić information content (AvgIpc) is 2.08. The van der Waals surface area contributed by atoms with E-state index in [1.165, 1.54) is 24.8 Å². The van der Waals surface area contributed by atoms with E-state index in [0.29, 0.717) is 0 Å². The maximum Gasteiger partial charge on any atom is 0.142 e. The van der Waals surface area contributed by atoms with Gasteiger partial charge in [0.15, 0.2) is 0 Å². The van der Waals surface area contributed by atoms with E-state index in [-0.39, 0.29) is 0 Å². The highest BCUT2D eigenvalue weighted by molar-refractivity contribution is 5.53. The zero-order chi connectivity index (χ0) is 9.97.